The maximum absolute atomic E-state index is 12.9. The molecule has 1 atom stereocenters. The summed E-state index contributed by atoms with van der Waals surface area (Å²) in [7, 11) is 0. The van der Waals surface area contributed by atoms with E-state index in [1.165, 1.54) is 50.8 Å². The number of likely N-dealkylation sites (tertiary alicyclic amines) is 2. The van der Waals surface area contributed by atoms with Crippen molar-refractivity contribution in [3.05, 3.63) is 35.4 Å². The summed E-state index contributed by atoms with van der Waals surface area (Å²) in [5.41, 5.74) is 2.06. The van der Waals surface area contributed by atoms with Crippen molar-refractivity contribution < 1.29 is 4.79 Å². The molecule has 23 heavy (non-hydrogen) atoms. The molecule has 126 valence electrons. The topological polar surface area (TPSA) is 23.6 Å². The lowest BCUT2D eigenvalue weighted by Gasteiger charge is -2.37. The number of nitrogens with zero attached hydrogens (tertiary/aromatic N) is 2. The summed E-state index contributed by atoms with van der Waals surface area (Å²) in [6.45, 7) is 6.65. The highest BCUT2D eigenvalue weighted by Crippen LogP contribution is 2.23. The van der Waals surface area contributed by atoms with Crippen molar-refractivity contribution in [2.45, 2.75) is 57.9 Å². The first-order valence-corrected chi connectivity index (χ1v) is 9.34. The fraction of sp³-hybridized carbons (Fsp3) is 0.650. The van der Waals surface area contributed by atoms with E-state index >= 15 is 0 Å². The van der Waals surface area contributed by atoms with Gasteiger partial charge in [-0.25, -0.2) is 0 Å². The first-order chi connectivity index (χ1) is 11.2. The first-order valence-electron chi connectivity index (χ1n) is 9.34. The van der Waals surface area contributed by atoms with E-state index in [1.807, 2.05) is 24.3 Å². The third kappa shape index (κ3) is 4.35. The Hall–Kier alpha value is -1.35. The van der Waals surface area contributed by atoms with Gasteiger partial charge in [0.15, 0.2) is 0 Å². The van der Waals surface area contributed by atoms with Crippen LogP contribution in [-0.2, 0) is 0 Å². The van der Waals surface area contributed by atoms with E-state index in [9.17, 15) is 4.79 Å². The second-order valence-electron chi connectivity index (χ2n) is 7.21. The minimum Gasteiger partial charge on any atom is -0.336 e. The molecule has 0 unspecified atom stereocenters. The zero-order valence-electron chi connectivity index (χ0n) is 14.5. The van der Waals surface area contributed by atoms with E-state index in [0.717, 1.165) is 31.5 Å². The van der Waals surface area contributed by atoms with E-state index in [4.69, 9.17) is 0 Å². The summed E-state index contributed by atoms with van der Waals surface area (Å²) in [6.07, 6.45) is 8.80. The maximum Gasteiger partial charge on any atom is 0.254 e. The summed E-state index contributed by atoms with van der Waals surface area (Å²) in [4.78, 5) is 17.6. The summed E-state index contributed by atoms with van der Waals surface area (Å²) in [5.74, 6) is 0.230. The van der Waals surface area contributed by atoms with Gasteiger partial charge in [0.25, 0.3) is 5.91 Å². The highest BCUT2D eigenvalue weighted by molar-refractivity contribution is 5.94. The fourth-order valence-electron chi connectivity index (χ4n) is 3.94. The molecule has 1 aromatic carbocycles. The summed E-state index contributed by atoms with van der Waals surface area (Å²) < 4.78 is 0. The van der Waals surface area contributed by atoms with Crippen LogP contribution in [-0.4, -0.2) is 47.9 Å². The first kappa shape index (κ1) is 16.5. The Morgan fingerprint density at radius 2 is 1.70 bits per heavy atom. The lowest BCUT2D eigenvalue weighted by Crippen LogP contribution is -2.45. The molecule has 3 nitrogen and oxygen atoms in total. The molecule has 1 aromatic rings. The number of rotatable bonds is 4. The Labute approximate surface area is 140 Å². The quantitative estimate of drug-likeness (QED) is 0.842. The molecule has 0 bridgehead atoms. The molecule has 3 rings (SSSR count). The summed E-state index contributed by atoms with van der Waals surface area (Å²) >= 11 is 0. The number of benzene rings is 1. The highest BCUT2D eigenvalue weighted by Gasteiger charge is 2.27. The van der Waals surface area contributed by atoms with E-state index in [-0.39, 0.29) is 5.91 Å². The van der Waals surface area contributed by atoms with Crippen LogP contribution in [0, 0.1) is 6.92 Å². The Morgan fingerprint density at radius 1 is 1.00 bits per heavy atom. The van der Waals surface area contributed by atoms with E-state index in [1.54, 1.807) is 0 Å². The highest BCUT2D eigenvalue weighted by atomic mass is 16.2. The van der Waals surface area contributed by atoms with Gasteiger partial charge in [-0.15, -0.1) is 0 Å². The molecular weight excluding hydrogens is 284 g/mol. The molecule has 0 radical (unpaired) electrons. The van der Waals surface area contributed by atoms with Crippen molar-refractivity contribution in [1.29, 1.82) is 0 Å². The van der Waals surface area contributed by atoms with Gasteiger partial charge in [0, 0.05) is 24.7 Å². The van der Waals surface area contributed by atoms with Gasteiger partial charge in [-0.1, -0.05) is 24.1 Å². The predicted octanol–water partition coefficient (Wildman–Crippen LogP) is 3.87. The Morgan fingerprint density at radius 3 is 2.43 bits per heavy atom. The number of aryl methyl sites for hydroxylation is 1. The number of carbonyl (C=O) groups is 1. The molecule has 3 heteroatoms. The Balaban J connectivity index is 1.61. The van der Waals surface area contributed by atoms with E-state index in [0.29, 0.717) is 6.04 Å². The van der Waals surface area contributed by atoms with Gasteiger partial charge in [0.05, 0.1) is 0 Å². The monoisotopic (exact) mass is 314 g/mol. The van der Waals surface area contributed by atoms with Gasteiger partial charge >= 0.3 is 0 Å². The average molecular weight is 314 g/mol. The van der Waals surface area contributed by atoms with Crippen LogP contribution in [0.5, 0.6) is 0 Å². The SMILES string of the molecule is Cc1ccc(C(=O)N2CCCC[C@@H]2CCN2CCCCC2)cc1. The van der Waals surface area contributed by atoms with Crippen LogP contribution < -0.4 is 0 Å². The second kappa shape index (κ2) is 7.96. The van der Waals surface area contributed by atoms with E-state index < -0.39 is 0 Å². The molecule has 1 amide bonds. The lowest BCUT2D eigenvalue weighted by molar-refractivity contribution is 0.0579. The maximum atomic E-state index is 12.9. The van der Waals surface area contributed by atoms with Crippen molar-refractivity contribution in [1.82, 2.24) is 9.80 Å². The van der Waals surface area contributed by atoms with Crippen molar-refractivity contribution in [2.24, 2.45) is 0 Å². The lowest BCUT2D eigenvalue weighted by atomic mass is 9.97. The molecule has 0 aliphatic carbocycles. The molecule has 2 heterocycles. The number of amides is 1. The third-order valence-electron chi connectivity index (χ3n) is 5.41. The summed E-state index contributed by atoms with van der Waals surface area (Å²) in [5, 5.41) is 0. The zero-order valence-corrected chi connectivity index (χ0v) is 14.5. The average Bonchev–Trinajstić information content (AvgIpc) is 2.61. The second-order valence-corrected chi connectivity index (χ2v) is 7.21. The van der Waals surface area contributed by atoms with Gasteiger partial charge < -0.3 is 9.80 Å². The predicted molar refractivity (Wildman–Crippen MR) is 94.8 cm³/mol. The van der Waals surface area contributed by atoms with Gasteiger partial charge in [0.1, 0.15) is 0 Å². The Bertz CT molecular complexity index is 505. The smallest absolute Gasteiger partial charge is 0.254 e. The number of piperidine rings is 2. The minimum atomic E-state index is 0.230. The minimum absolute atomic E-state index is 0.230. The number of carbonyl (C=O) groups excluding carboxylic acids is 1. The van der Waals surface area contributed by atoms with Crippen LogP contribution in [0.2, 0.25) is 0 Å². The fourth-order valence-corrected chi connectivity index (χ4v) is 3.94. The molecule has 2 saturated heterocycles. The molecule has 2 fully saturated rings. The van der Waals surface area contributed by atoms with Crippen LogP contribution in [0.1, 0.15) is 60.9 Å². The van der Waals surface area contributed by atoms with Crippen molar-refractivity contribution in [3.63, 3.8) is 0 Å². The zero-order chi connectivity index (χ0) is 16.1. The van der Waals surface area contributed by atoms with Crippen LogP contribution in [0.15, 0.2) is 24.3 Å². The van der Waals surface area contributed by atoms with Crippen LogP contribution in [0.25, 0.3) is 0 Å². The largest absolute Gasteiger partial charge is 0.336 e. The normalized spacial score (nSPS) is 23.0. The molecule has 0 N–H and O–H groups in total. The van der Waals surface area contributed by atoms with Gasteiger partial charge in [-0.3, -0.25) is 4.79 Å². The molecule has 2 aliphatic heterocycles. The van der Waals surface area contributed by atoms with Crippen LogP contribution in [0.4, 0.5) is 0 Å². The Kier molecular flexibility index (Phi) is 5.71. The molecule has 0 aromatic heterocycles. The third-order valence-corrected chi connectivity index (χ3v) is 5.41. The number of hydrogen-bond acceptors (Lipinski definition) is 2. The molecule has 0 saturated carbocycles. The summed E-state index contributed by atoms with van der Waals surface area (Å²) in [6, 6.07) is 8.47. The van der Waals surface area contributed by atoms with Crippen molar-refractivity contribution in [3.8, 4) is 0 Å². The van der Waals surface area contributed by atoms with Gasteiger partial charge in [0.2, 0.25) is 0 Å². The van der Waals surface area contributed by atoms with E-state index in [2.05, 4.69) is 16.7 Å². The van der Waals surface area contributed by atoms with Gasteiger partial charge in [-0.05, 0) is 70.7 Å². The molecule has 0 spiro atoms. The van der Waals surface area contributed by atoms with Gasteiger partial charge in [-0.2, -0.15) is 0 Å². The van der Waals surface area contributed by atoms with Crippen molar-refractivity contribution >= 4 is 5.91 Å². The van der Waals surface area contributed by atoms with Crippen LogP contribution in [0.3, 0.4) is 0 Å². The number of hydrogen-bond donors (Lipinski definition) is 0. The standard InChI is InChI=1S/C20H30N2O/c1-17-8-10-18(11-9-17)20(23)22-15-6-3-7-19(22)12-16-21-13-4-2-5-14-21/h8-11,19H,2-7,12-16H2,1H3/t19-/m1/s1. The molecule has 2 aliphatic rings. The van der Waals surface area contributed by atoms with Crippen molar-refractivity contribution in [2.75, 3.05) is 26.2 Å². The van der Waals surface area contributed by atoms with Crippen LogP contribution >= 0.6 is 0 Å². The molecular formula is C20H30N2O.